The molecule has 0 aliphatic heterocycles. The van der Waals surface area contributed by atoms with Gasteiger partial charge in [0, 0.05) is 11.8 Å². The van der Waals surface area contributed by atoms with E-state index in [9.17, 15) is 13.2 Å². The van der Waals surface area contributed by atoms with Gasteiger partial charge in [-0.05, 0) is 24.3 Å². The number of nitrogens with zero attached hydrogens (tertiary/aromatic N) is 1. The highest BCUT2D eigenvalue weighted by Gasteiger charge is 2.30. The third-order valence-corrected chi connectivity index (χ3v) is 2.94. The van der Waals surface area contributed by atoms with Crippen LogP contribution >= 0.6 is 23.2 Å². The summed E-state index contributed by atoms with van der Waals surface area (Å²) in [6.07, 6.45) is -3.65. The van der Waals surface area contributed by atoms with Gasteiger partial charge in [-0.1, -0.05) is 29.3 Å². The van der Waals surface area contributed by atoms with Crippen molar-refractivity contribution in [2.24, 2.45) is 0 Å². The molecule has 1 heterocycles. The lowest BCUT2D eigenvalue weighted by Crippen LogP contribution is -2.05. The maximum absolute atomic E-state index is 12.4. The predicted molar refractivity (Wildman–Crippen MR) is 64.7 cm³/mol. The number of pyridine rings is 1. The standard InChI is InChI=1S/C12H6Cl2F3N/c13-8-2-1-3-9(14)11(8)10-5-4-7(6-18-10)12(15,16)17/h1-6H. The molecule has 0 spiro atoms. The van der Waals surface area contributed by atoms with Crippen molar-refractivity contribution in [1.82, 2.24) is 4.98 Å². The van der Waals surface area contributed by atoms with E-state index in [2.05, 4.69) is 4.98 Å². The Labute approximate surface area is 111 Å². The molecular formula is C12H6Cl2F3N. The SMILES string of the molecule is FC(F)(F)c1ccc(-c2c(Cl)cccc2Cl)nc1. The molecule has 0 fully saturated rings. The number of benzene rings is 1. The van der Waals surface area contributed by atoms with Gasteiger partial charge in [-0.15, -0.1) is 0 Å². The average Bonchev–Trinajstić information content (AvgIpc) is 2.28. The number of rotatable bonds is 1. The van der Waals surface area contributed by atoms with Crippen molar-refractivity contribution in [2.45, 2.75) is 6.18 Å². The molecule has 1 aromatic carbocycles. The molecule has 18 heavy (non-hydrogen) atoms. The molecule has 1 aromatic heterocycles. The first kappa shape index (κ1) is 13.2. The molecule has 0 aliphatic rings. The number of hydrogen-bond acceptors (Lipinski definition) is 1. The number of alkyl halides is 3. The Morgan fingerprint density at radius 2 is 1.56 bits per heavy atom. The van der Waals surface area contributed by atoms with Crippen LogP contribution in [0, 0.1) is 0 Å². The lowest BCUT2D eigenvalue weighted by atomic mass is 10.1. The van der Waals surface area contributed by atoms with Crippen molar-refractivity contribution in [2.75, 3.05) is 0 Å². The van der Waals surface area contributed by atoms with Crippen LogP contribution in [0.15, 0.2) is 36.5 Å². The van der Waals surface area contributed by atoms with E-state index in [0.29, 0.717) is 21.3 Å². The van der Waals surface area contributed by atoms with Gasteiger partial charge in [-0.25, -0.2) is 0 Å². The molecule has 0 radical (unpaired) electrons. The van der Waals surface area contributed by atoms with Gasteiger partial charge in [0.25, 0.3) is 0 Å². The molecule has 2 aromatic rings. The van der Waals surface area contributed by atoms with Crippen LogP contribution in [0.25, 0.3) is 11.3 Å². The summed E-state index contributed by atoms with van der Waals surface area (Å²) in [6.45, 7) is 0. The molecule has 0 atom stereocenters. The Balaban J connectivity index is 2.47. The molecule has 0 saturated carbocycles. The summed E-state index contributed by atoms with van der Waals surface area (Å²) < 4.78 is 37.2. The van der Waals surface area contributed by atoms with Crippen LogP contribution in [0.4, 0.5) is 13.2 Å². The topological polar surface area (TPSA) is 12.9 Å². The maximum atomic E-state index is 12.4. The van der Waals surface area contributed by atoms with Crippen LogP contribution in [0.2, 0.25) is 10.0 Å². The maximum Gasteiger partial charge on any atom is 0.417 e. The van der Waals surface area contributed by atoms with Gasteiger partial charge >= 0.3 is 6.18 Å². The predicted octanol–water partition coefficient (Wildman–Crippen LogP) is 5.07. The molecular weight excluding hydrogens is 286 g/mol. The van der Waals surface area contributed by atoms with Crippen molar-refractivity contribution in [3.05, 3.63) is 52.1 Å². The molecule has 94 valence electrons. The summed E-state index contributed by atoms with van der Waals surface area (Å²) in [6, 6.07) is 7.04. The smallest absolute Gasteiger partial charge is 0.256 e. The molecule has 1 nitrogen and oxygen atoms in total. The van der Waals surface area contributed by atoms with Crippen LogP contribution in [0.1, 0.15) is 5.56 Å². The Kier molecular flexibility index (Phi) is 3.50. The summed E-state index contributed by atoms with van der Waals surface area (Å²) in [7, 11) is 0. The largest absolute Gasteiger partial charge is 0.417 e. The van der Waals surface area contributed by atoms with Crippen LogP contribution in [-0.4, -0.2) is 4.98 Å². The van der Waals surface area contributed by atoms with Crippen LogP contribution < -0.4 is 0 Å². The van der Waals surface area contributed by atoms with E-state index in [4.69, 9.17) is 23.2 Å². The zero-order valence-corrected chi connectivity index (χ0v) is 10.3. The third-order valence-electron chi connectivity index (χ3n) is 2.31. The summed E-state index contributed by atoms with van der Waals surface area (Å²) in [5.41, 5.74) is -0.0809. The van der Waals surface area contributed by atoms with E-state index >= 15 is 0 Å². The van der Waals surface area contributed by atoms with Crippen molar-refractivity contribution in [1.29, 1.82) is 0 Å². The summed E-state index contributed by atoms with van der Waals surface area (Å²) in [5.74, 6) is 0. The fraction of sp³-hybridized carbons (Fsp3) is 0.0833. The van der Waals surface area contributed by atoms with Gasteiger partial charge in [-0.3, -0.25) is 4.98 Å². The minimum atomic E-state index is -4.41. The highest BCUT2D eigenvalue weighted by molar-refractivity contribution is 6.39. The quantitative estimate of drug-likeness (QED) is 0.714. The highest BCUT2D eigenvalue weighted by atomic mass is 35.5. The number of hydrogen-bond donors (Lipinski definition) is 0. The molecule has 6 heteroatoms. The molecule has 0 N–H and O–H groups in total. The second-order valence-corrected chi connectivity index (χ2v) is 4.34. The minimum absolute atomic E-state index is 0.304. The van der Waals surface area contributed by atoms with Gasteiger partial charge < -0.3 is 0 Å². The zero-order chi connectivity index (χ0) is 13.3. The Bertz CT molecular complexity index is 544. The first-order valence-electron chi connectivity index (χ1n) is 4.87. The zero-order valence-electron chi connectivity index (χ0n) is 8.80. The van der Waals surface area contributed by atoms with Gasteiger partial charge in [0.05, 0.1) is 21.3 Å². The molecule has 0 saturated heterocycles. The van der Waals surface area contributed by atoms with Crippen molar-refractivity contribution < 1.29 is 13.2 Å². The Morgan fingerprint density at radius 1 is 0.944 bits per heavy atom. The molecule has 0 aliphatic carbocycles. The van der Waals surface area contributed by atoms with Gasteiger partial charge in [0.15, 0.2) is 0 Å². The van der Waals surface area contributed by atoms with E-state index in [1.807, 2.05) is 0 Å². The van der Waals surface area contributed by atoms with Gasteiger partial charge in [-0.2, -0.15) is 13.2 Å². The highest BCUT2D eigenvalue weighted by Crippen LogP contribution is 2.35. The summed E-state index contributed by atoms with van der Waals surface area (Å²) in [5, 5.41) is 0.685. The van der Waals surface area contributed by atoms with E-state index in [0.717, 1.165) is 12.3 Å². The van der Waals surface area contributed by atoms with E-state index in [1.165, 1.54) is 6.07 Å². The first-order valence-corrected chi connectivity index (χ1v) is 5.63. The summed E-state index contributed by atoms with van der Waals surface area (Å²) >= 11 is 11.9. The van der Waals surface area contributed by atoms with Crippen LogP contribution in [0.5, 0.6) is 0 Å². The Hall–Kier alpha value is -1.26. The van der Waals surface area contributed by atoms with Crippen molar-refractivity contribution in [3.63, 3.8) is 0 Å². The van der Waals surface area contributed by atoms with E-state index < -0.39 is 11.7 Å². The van der Waals surface area contributed by atoms with Crippen LogP contribution in [0.3, 0.4) is 0 Å². The number of aromatic nitrogens is 1. The first-order chi connectivity index (χ1) is 8.39. The Morgan fingerprint density at radius 3 is 2.00 bits per heavy atom. The van der Waals surface area contributed by atoms with Gasteiger partial charge in [0.1, 0.15) is 0 Å². The average molecular weight is 292 g/mol. The lowest BCUT2D eigenvalue weighted by molar-refractivity contribution is -0.137. The fourth-order valence-electron chi connectivity index (χ4n) is 1.45. The lowest BCUT2D eigenvalue weighted by Gasteiger charge is -2.09. The second-order valence-electron chi connectivity index (χ2n) is 3.53. The molecule has 0 unspecified atom stereocenters. The minimum Gasteiger partial charge on any atom is -0.256 e. The van der Waals surface area contributed by atoms with Crippen molar-refractivity contribution in [3.8, 4) is 11.3 Å². The second kappa shape index (κ2) is 4.78. The number of halogens is 5. The molecule has 0 bridgehead atoms. The normalized spacial score (nSPS) is 11.6. The molecule has 0 amide bonds. The van der Waals surface area contributed by atoms with E-state index in [-0.39, 0.29) is 0 Å². The monoisotopic (exact) mass is 291 g/mol. The third kappa shape index (κ3) is 2.60. The summed E-state index contributed by atoms with van der Waals surface area (Å²) in [4.78, 5) is 3.75. The molecule has 2 rings (SSSR count). The van der Waals surface area contributed by atoms with Gasteiger partial charge in [0.2, 0.25) is 0 Å². The van der Waals surface area contributed by atoms with Crippen LogP contribution in [-0.2, 0) is 6.18 Å². The van der Waals surface area contributed by atoms with E-state index in [1.54, 1.807) is 18.2 Å². The van der Waals surface area contributed by atoms with Crippen molar-refractivity contribution >= 4 is 23.2 Å². The fourth-order valence-corrected chi connectivity index (χ4v) is 2.04.